The van der Waals surface area contributed by atoms with Gasteiger partial charge in [-0.05, 0) is 49.4 Å². The highest BCUT2D eigenvalue weighted by Gasteiger charge is 2.25. The number of benzene rings is 1. The van der Waals surface area contributed by atoms with E-state index >= 15 is 0 Å². The van der Waals surface area contributed by atoms with Gasteiger partial charge in [-0.2, -0.15) is 4.99 Å². The molecule has 2 aromatic rings. The van der Waals surface area contributed by atoms with Gasteiger partial charge in [0.25, 0.3) is 5.91 Å². The summed E-state index contributed by atoms with van der Waals surface area (Å²) in [5.74, 6) is -0.396. The summed E-state index contributed by atoms with van der Waals surface area (Å²) < 4.78 is 10.1. The molecule has 0 spiro atoms. The number of carbonyl (C=O) groups is 2. The maximum atomic E-state index is 12.2. The number of carbonyl (C=O) groups excluding carboxylic acids is 2. The molecule has 2 N–H and O–H groups in total. The number of phenolic OH excluding ortho intramolecular Hbond substituents is 1. The zero-order valence-electron chi connectivity index (χ0n) is 15.3. The molecule has 0 atom stereocenters. The number of amidine groups is 1. The van der Waals surface area contributed by atoms with E-state index in [9.17, 15) is 14.7 Å². The number of ether oxygens (including phenoxy) is 2. The van der Waals surface area contributed by atoms with Crippen molar-refractivity contribution in [1.82, 2.24) is 10.3 Å². The molecule has 0 aliphatic carbocycles. The van der Waals surface area contributed by atoms with Crippen LogP contribution in [0.3, 0.4) is 0 Å². The Kier molecular flexibility index (Phi) is 6.00. The van der Waals surface area contributed by atoms with E-state index in [0.717, 1.165) is 23.1 Å². The van der Waals surface area contributed by atoms with E-state index in [1.165, 1.54) is 13.2 Å². The number of hydrogen-bond acceptors (Lipinski definition) is 9. The number of thiazole rings is 1. The minimum atomic E-state index is -0.436. The van der Waals surface area contributed by atoms with Gasteiger partial charge in [0.2, 0.25) is 5.13 Å². The third kappa shape index (κ3) is 4.34. The summed E-state index contributed by atoms with van der Waals surface area (Å²) in [4.78, 5) is 33.5. The normalized spacial score (nSPS) is 16.5. The molecule has 2 heterocycles. The summed E-state index contributed by atoms with van der Waals surface area (Å²) in [6.45, 7) is 3.72. The van der Waals surface area contributed by atoms with Crippen molar-refractivity contribution in [2.24, 2.45) is 4.99 Å². The molecule has 8 nitrogen and oxygen atoms in total. The quantitative estimate of drug-likeness (QED) is 0.565. The highest BCUT2D eigenvalue weighted by atomic mass is 32.2. The van der Waals surface area contributed by atoms with Crippen LogP contribution in [0.15, 0.2) is 28.1 Å². The molecule has 1 fully saturated rings. The van der Waals surface area contributed by atoms with Crippen molar-refractivity contribution in [2.75, 3.05) is 13.7 Å². The maximum Gasteiger partial charge on any atom is 0.350 e. The minimum Gasteiger partial charge on any atom is -0.504 e. The predicted octanol–water partition coefficient (Wildman–Crippen LogP) is 3.23. The van der Waals surface area contributed by atoms with Crippen LogP contribution in [-0.4, -0.2) is 40.9 Å². The van der Waals surface area contributed by atoms with Crippen molar-refractivity contribution in [3.05, 3.63) is 39.2 Å². The van der Waals surface area contributed by atoms with Crippen molar-refractivity contribution in [3.63, 3.8) is 0 Å². The van der Waals surface area contributed by atoms with Gasteiger partial charge in [-0.1, -0.05) is 17.4 Å². The Labute approximate surface area is 169 Å². The fourth-order valence-corrected chi connectivity index (χ4v) is 4.04. The van der Waals surface area contributed by atoms with E-state index in [2.05, 4.69) is 15.3 Å². The van der Waals surface area contributed by atoms with E-state index < -0.39 is 5.97 Å². The molecule has 1 amide bonds. The van der Waals surface area contributed by atoms with Crippen LogP contribution < -0.4 is 10.1 Å². The smallest absolute Gasteiger partial charge is 0.350 e. The molecular formula is C18H17N3O5S2. The number of aromatic nitrogens is 1. The van der Waals surface area contributed by atoms with Gasteiger partial charge < -0.3 is 19.9 Å². The van der Waals surface area contributed by atoms with Crippen molar-refractivity contribution in [1.29, 1.82) is 0 Å². The molecule has 1 aromatic carbocycles. The number of thioether (sulfide) groups is 1. The summed E-state index contributed by atoms with van der Waals surface area (Å²) in [6, 6.07) is 4.79. The number of aromatic hydroxyl groups is 1. The molecule has 3 rings (SSSR count). The van der Waals surface area contributed by atoms with Crippen molar-refractivity contribution in [2.45, 2.75) is 13.8 Å². The lowest BCUT2D eigenvalue weighted by molar-refractivity contribution is -0.115. The Balaban J connectivity index is 1.81. The Bertz CT molecular complexity index is 997. The summed E-state index contributed by atoms with van der Waals surface area (Å²) >= 11 is 2.26. The first kappa shape index (κ1) is 19.9. The second-order valence-electron chi connectivity index (χ2n) is 5.54. The third-order valence-corrected chi connectivity index (χ3v) is 5.54. The molecule has 0 saturated carbocycles. The standard InChI is InChI=1S/C18H17N3O5S2/c1-4-26-16(24)14-9(2)19-17(28-14)21-18-20-15(23)13(27-18)8-10-5-6-11(22)12(7-10)25-3/h5-8,22H,4H2,1-3H3,(H,19,20,21,23)/b13-8-. The lowest BCUT2D eigenvalue weighted by atomic mass is 10.2. The number of esters is 1. The predicted molar refractivity (Wildman–Crippen MR) is 108 cm³/mol. The van der Waals surface area contributed by atoms with E-state index in [4.69, 9.17) is 9.47 Å². The number of nitrogens with one attached hydrogen (secondary N) is 1. The number of aliphatic imine (C=N–C) groups is 1. The SMILES string of the molecule is CCOC(=O)c1sc(/N=C2\NC(=O)/C(=C/c3ccc(O)c(OC)c3)S2)nc1C. The third-order valence-electron chi connectivity index (χ3n) is 3.60. The van der Waals surface area contributed by atoms with Gasteiger partial charge in [0.1, 0.15) is 4.88 Å². The largest absolute Gasteiger partial charge is 0.504 e. The van der Waals surface area contributed by atoms with Crippen LogP contribution in [0, 0.1) is 6.92 Å². The summed E-state index contributed by atoms with van der Waals surface area (Å²) in [5.41, 5.74) is 1.23. The van der Waals surface area contributed by atoms with Crippen molar-refractivity contribution in [3.8, 4) is 11.5 Å². The summed E-state index contributed by atoms with van der Waals surface area (Å²) in [6.07, 6.45) is 1.67. The van der Waals surface area contributed by atoms with Gasteiger partial charge in [0.05, 0.1) is 24.3 Å². The molecule has 0 bridgehead atoms. The molecule has 28 heavy (non-hydrogen) atoms. The topological polar surface area (TPSA) is 110 Å². The fraction of sp³-hybridized carbons (Fsp3) is 0.222. The molecule has 10 heteroatoms. The summed E-state index contributed by atoms with van der Waals surface area (Å²) in [7, 11) is 1.45. The van der Waals surface area contributed by atoms with Gasteiger partial charge in [-0.25, -0.2) is 9.78 Å². The van der Waals surface area contributed by atoms with Crippen LogP contribution in [0.2, 0.25) is 0 Å². The molecule has 0 unspecified atom stereocenters. The van der Waals surface area contributed by atoms with Crippen LogP contribution >= 0.6 is 23.1 Å². The number of amides is 1. The Morgan fingerprint density at radius 1 is 1.43 bits per heavy atom. The number of nitrogens with zero attached hydrogens (tertiary/aromatic N) is 2. The van der Waals surface area contributed by atoms with Crippen LogP contribution in [0.4, 0.5) is 5.13 Å². The maximum absolute atomic E-state index is 12.2. The van der Waals surface area contributed by atoms with Gasteiger partial charge in [0, 0.05) is 0 Å². The zero-order chi connectivity index (χ0) is 20.3. The Morgan fingerprint density at radius 3 is 2.93 bits per heavy atom. The molecular weight excluding hydrogens is 402 g/mol. The first-order valence-corrected chi connectivity index (χ1v) is 9.85. The second-order valence-corrected chi connectivity index (χ2v) is 7.55. The van der Waals surface area contributed by atoms with Gasteiger partial charge in [0.15, 0.2) is 16.7 Å². The molecule has 1 aliphatic rings. The Morgan fingerprint density at radius 2 is 2.21 bits per heavy atom. The van der Waals surface area contributed by atoms with Crippen LogP contribution in [0.5, 0.6) is 11.5 Å². The second kappa shape index (κ2) is 8.44. The number of rotatable bonds is 5. The van der Waals surface area contributed by atoms with E-state index in [-0.39, 0.29) is 18.3 Å². The molecule has 146 valence electrons. The lowest BCUT2D eigenvalue weighted by Crippen LogP contribution is -2.19. The average Bonchev–Trinajstić information content (AvgIpc) is 3.19. The van der Waals surface area contributed by atoms with Crippen LogP contribution in [0.1, 0.15) is 27.9 Å². The van der Waals surface area contributed by atoms with Crippen LogP contribution in [0.25, 0.3) is 6.08 Å². The number of hydrogen-bond donors (Lipinski definition) is 2. The lowest BCUT2D eigenvalue weighted by Gasteiger charge is -2.03. The highest BCUT2D eigenvalue weighted by Crippen LogP contribution is 2.33. The van der Waals surface area contributed by atoms with Crippen molar-refractivity contribution < 1.29 is 24.2 Å². The molecule has 1 aliphatic heterocycles. The van der Waals surface area contributed by atoms with Crippen molar-refractivity contribution >= 4 is 51.4 Å². The number of phenols is 1. The number of methoxy groups -OCH3 is 1. The van der Waals surface area contributed by atoms with Gasteiger partial charge >= 0.3 is 5.97 Å². The summed E-state index contributed by atoms with van der Waals surface area (Å²) in [5, 5.41) is 13.1. The Hall–Kier alpha value is -2.85. The fourth-order valence-electron chi connectivity index (χ4n) is 2.32. The van der Waals surface area contributed by atoms with E-state index in [0.29, 0.717) is 37.1 Å². The van der Waals surface area contributed by atoms with E-state index in [1.54, 1.807) is 32.1 Å². The van der Waals surface area contributed by atoms with Gasteiger partial charge in [-0.3, -0.25) is 4.79 Å². The highest BCUT2D eigenvalue weighted by molar-refractivity contribution is 8.18. The zero-order valence-corrected chi connectivity index (χ0v) is 16.9. The number of aryl methyl sites for hydroxylation is 1. The monoisotopic (exact) mass is 419 g/mol. The first-order valence-electron chi connectivity index (χ1n) is 8.22. The first-order chi connectivity index (χ1) is 13.4. The van der Waals surface area contributed by atoms with Gasteiger partial charge in [-0.15, -0.1) is 0 Å². The van der Waals surface area contributed by atoms with Crippen LogP contribution in [-0.2, 0) is 9.53 Å². The van der Waals surface area contributed by atoms with E-state index in [1.807, 2.05) is 0 Å². The molecule has 0 radical (unpaired) electrons. The average molecular weight is 419 g/mol. The molecule has 1 saturated heterocycles. The minimum absolute atomic E-state index is 0.0203. The molecule has 1 aromatic heterocycles.